The predicted molar refractivity (Wildman–Crippen MR) is 106 cm³/mol. The molecule has 2 fully saturated rings. The summed E-state index contributed by atoms with van der Waals surface area (Å²) < 4.78 is 39.4. The molecule has 2 aromatic heterocycles. The average molecular weight is 455 g/mol. The van der Waals surface area contributed by atoms with E-state index < -0.39 is 12.1 Å². The molecule has 2 aliphatic rings. The Morgan fingerprint density at radius 2 is 2.09 bits per heavy atom. The highest BCUT2D eigenvalue weighted by atomic mass is 19.4. The fraction of sp³-hybridized carbons (Fsp3) is 0.500. The number of carbonyl (C=O) groups excluding carboxylic acids is 1. The maximum atomic E-state index is 12.5. The zero-order chi connectivity index (χ0) is 23.3. The van der Waals surface area contributed by atoms with Gasteiger partial charge in [0, 0.05) is 45.2 Å². The summed E-state index contributed by atoms with van der Waals surface area (Å²) in [6, 6.07) is 6.29. The lowest BCUT2D eigenvalue weighted by Gasteiger charge is -2.32. The molecule has 0 unspecified atom stereocenters. The molecule has 0 bridgehead atoms. The zero-order valence-electron chi connectivity index (χ0n) is 17.3. The van der Waals surface area contributed by atoms with E-state index in [1.54, 1.807) is 24.1 Å². The van der Waals surface area contributed by atoms with E-state index in [1.165, 1.54) is 0 Å². The third kappa shape index (κ3) is 6.04. The molecule has 2 aliphatic heterocycles. The van der Waals surface area contributed by atoms with Gasteiger partial charge < -0.3 is 15.2 Å². The Balaban J connectivity index is 0.000000360. The smallest absolute Gasteiger partial charge is 0.475 e. The maximum absolute atomic E-state index is 12.5. The second-order valence-corrected chi connectivity index (χ2v) is 7.58. The second-order valence-electron chi connectivity index (χ2n) is 7.58. The molecule has 0 saturated carbocycles. The summed E-state index contributed by atoms with van der Waals surface area (Å²) in [7, 11) is 1.81. The quantitative estimate of drug-likeness (QED) is 0.721. The summed E-state index contributed by atoms with van der Waals surface area (Å²) in [5.74, 6) is -2.85. The number of fused-ring (bicyclic) bond motifs is 1. The molecular weight excluding hydrogens is 431 g/mol. The molecule has 9 nitrogen and oxygen atoms in total. The van der Waals surface area contributed by atoms with Gasteiger partial charge >= 0.3 is 12.1 Å². The van der Waals surface area contributed by atoms with Crippen molar-refractivity contribution < 1.29 is 32.6 Å². The van der Waals surface area contributed by atoms with Crippen molar-refractivity contribution >= 4 is 11.9 Å². The van der Waals surface area contributed by atoms with Gasteiger partial charge in [-0.2, -0.15) is 18.3 Å². The number of pyridine rings is 1. The van der Waals surface area contributed by atoms with Crippen LogP contribution in [0.15, 0.2) is 36.8 Å². The van der Waals surface area contributed by atoms with E-state index in [0.29, 0.717) is 11.6 Å². The number of nitrogens with one attached hydrogen (secondary N) is 1. The summed E-state index contributed by atoms with van der Waals surface area (Å²) in [5, 5.41) is 14.3. The molecule has 2 N–H and O–H groups in total. The minimum Gasteiger partial charge on any atom is -0.475 e. The third-order valence-electron chi connectivity index (χ3n) is 5.25. The van der Waals surface area contributed by atoms with Gasteiger partial charge in [0.25, 0.3) is 5.91 Å². The van der Waals surface area contributed by atoms with E-state index in [1.807, 2.05) is 24.4 Å². The highest BCUT2D eigenvalue weighted by Gasteiger charge is 2.44. The Hall–Kier alpha value is -2.99. The number of aryl methyl sites for hydroxylation is 1. The van der Waals surface area contributed by atoms with Crippen LogP contribution >= 0.6 is 0 Å². The number of carboxylic acids is 1. The number of carbonyl (C=O) groups is 2. The van der Waals surface area contributed by atoms with Gasteiger partial charge in [0.1, 0.15) is 0 Å². The largest absolute Gasteiger partial charge is 0.490 e. The molecule has 174 valence electrons. The lowest BCUT2D eigenvalue weighted by atomic mass is 10.0. The summed E-state index contributed by atoms with van der Waals surface area (Å²) in [5.41, 5.74) is 1.63. The van der Waals surface area contributed by atoms with Crippen molar-refractivity contribution in [3.8, 4) is 0 Å². The summed E-state index contributed by atoms with van der Waals surface area (Å²) in [6.45, 7) is 2.32. The number of aliphatic carboxylic acids is 1. The van der Waals surface area contributed by atoms with Gasteiger partial charge in [0.15, 0.2) is 0 Å². The number of nitrogens with zero attached hydrogens (tertiary/aromatic N) is 4. The van der Waals surface area contributed by atoms with Gasteiger partial charge in [-0.15, -0.1) is 0 Å². The van der Waals surface area contributed by atoms with Crippen LogP contribution in [-0.4, -0.2) is 74.2 Å². The second kappa shape index (κ2) is 10.1. The minimum absolute atomic E-state index is 0.0123. The Morgan fingerprint density at radius 1 is 1.34 bits per heavy atom. The third-order valence-corrected chi connectivity index (χ3v) is 5.25. The number of hydrogen-bond acceptors (Lipinski definition) is 6. The first-order valence-corrected chi connectivity index (χ1v) is 10.0. The van der Waals surface area contributed by atoms with Gasteiger partial charge in [0.2, 0.25) is 0 Å². The van der Waals surface area contributed by atoms with Crippen molar-refractivity contribution in [2.24, 2.45) is 7.05 Å². The first-order valence-electron chi connectivity index (χ1n) is 10.0. The molecule has 1 amide bonds. The van der Waals surface area contributed by atoms with Gasteiger partial charge in [0.05, 0.1) is 29.6 Å². The molecule has 4 heterocycles. The van der Waals surface area contributed by atoms with Crippen LogP contribution in [0.3, 0.4) is 0 Å². The van der Waals surface area contributed by atoms with E-state index in [-0.39, 0.29) is 18.1 Å². The van der Waals surface area contributed by atoms with Crippen molar-refractivity contribution in [3.05, 3.63) is 48.0 Å². The van der Waals surface area contributed by atoms with Crippen LogP contribution < -0.4 is 5.32 Å². The van der Waals surface area contributed by atoms with Gasteiger partial charge in [-0.05, 0) is 25.0 Å². The Kier molecular flexibility index (Phi) is 7.46. The van der Waals surface area contributed by atoms with Gasteiger partial charge in [-0.25, -0.2) is 4.79 Å². The Bertz CT molecular complexity index is 921. The van der Waals surface area contributed by atoms with E-state index in [0.717, 1.165) is 38.2 Å². The van der Waals surface area contributed by atoms with Crippen molar-refractivity contribution in [1.29, 1.82) is 0 Å². The highest BCUT2D eigenvalue weighted by molar-refractivity contribution is 5.94. The van der Waals surface area contributed by atoms with Crippen LogP contribution in [0.4, 0.5) is 13.2 Å². The van der Waals surface area contributed by atoms with Crippen molar-refractivity contribution in [2.45, 2.75) is 43.8 Å². The van der Waals surface area contributed by atoms with Crippen molar-refractivity contribution in [2.75, 3.05) is 13.2 Å². The van der Waals surface area contributed by atoms with E-state index >= 15 is 0 Å². The van der Waals surface area contributed by atoms with Gasteiger partial charge in [-0.3, -0.25) is 19.4 Å². The van der Waals surface area contributed by atoms with Crippen LogP contribution in [0.2, 0.25) is 0 Å². The minimum atomic E-state index is -5.08. The number of hydrogen-bond donors (Lipinski definition) is 2. The zero-order valence-corrected chi connectivity index (χ0v) is 17.3. The first kappa shape index (κ1) is 23.7. The molecule has 12 heteroatoms. The number of alkyl halides is 3. The number of ether oxygens (including phenoxy) is 1. The fourth-order valence-electron chi connectivity index (χ4n) is 3.85. The number of rotatable bonds is 4. The van der Waals surface area contributed by atoms with Gasteiger partial charge in [-0.1, -0.05) is 6.07 Å². The standard InChI is InChI=1S/C18H23N5O2.C2HF3O2/c1-22-10-13(9-20-22)18(24)21-15-12-23(11-14-5-2-3-7-19-14)16-6-4-8-25-17(15)16;3-2(4,5)1(6)7/h2-3,5,7,9-10,15-17H,4,6,8,11-12H2,1H3,(H,21,24);(H,6,7)/t15-,16-,17-;/m1./s1. The number of aromatic nitrogens is 3. The topological polar surface area (TPSA) is 110 Å². The van der Waals surface area contributed by atoms with Crippen molar-refractivity contribution in [1.82, 2.24) is 25.0 Å². The van der Waals surface area contributed by atoms with Crippen LogP contribution in [0, 0.1) is 0 Å². The lowest BCUT2D eigenvalue weighted by molar-refractivity contribution is -0.192. The molecule has 0 radical (unpaired) electrons. The van der Waals surface area contributed by atoms with E-state index in [4.69, 9.17) is 14.6 Å². The number of amides is 1. The molecule has 0 aliphatic carbocycles. The molecule has 4 rings (SSSR count). The van der Waals surface area contributed by atoms with Crippen LogP contribution in [-0.2, 0) is 23.1 Å². The number of likely N-dealkylation sites (tertiary alicyclic amines) is 1. The molecule has 0 spiro atoms. The van der Waals surface area contributed by atoms with E-state index in [9.17, 15) is 18.0 Å². The maximum Gasteiger partial charge on any atom is 0.490 e. The average Bonchev–Trinajstić information content (AvgIpc) is 3.33. The molecule has 0 aromatic carbocycles. The molecule has 3 atom stereocenters. The number of halogens is 3. The molecule has 32 heavy (non-hydrogen) atoms. The SMILES string of the molecule is Cn1cc(C(=O)N[C@@H]2CN(Cc3ccccn3)[C@@H]3CCCO[C@@H]32)cn1.O=C(O)C(F)(F)F. The summed E-state index contributed by atoms with van der Waals surface area (Å²) >= 11 is 0. The highest BCUT2D eigenvalue weighted by Crippen LogP contribution is 2.30. The Labute approximate surface area is 182 Å². The normalized spacial score (nSPS) is 23.1. The molecular formula is C20H24F3N5O4. The van der Waals surface area contributed by atoms with E-state index in [2.05, 4.69) is 20.3 Å². The summed E-state index contributed by atoms with van der Waals surface area (Å²) in [4.78, 5) is 28.2. The fourth-order valence-corrected chi connectivity index (χ4v) is 3.85. The number of carboxylic acid groups (broad SMARTS) is 1. The summed E-state index contributed by atoms with van der Waals surface area (Å²) in [6.07, 6.45) is 2.25. The first-order chi connectivity index (χ1) is 15.1. The van der Waals surface area contributed by atoms with Crippen LogP contribution in [0.1, 0.15) is 28.9 Å². The molecule has 2 aromatic rings. The van der Waals surface area contributed by atoms with Crippen LogP contribution in [0.5, 0.6) is 0 Å². The van der Waals surface area contributed by atoms with Crippen LogP contribution in [0.25, 0.3) is 0 Å². The van der Waals surface area contributed by atoms with Crippen molar-refractivity contribution in [3.63, 3.8) is 0 Å². The molecule has 2 saturated heterocycles. The monoisotopic (exact) mass is 455 g/mol. The predicted octanol–water partition coefficient (Wildman–Crippen LogP) is 1.61. The lowest BCUT2D eigenvalue weighted by Crippen LogP contribution is -2.47. The Morgan fingerprint density at radius 3 is 2.69 bits per heavy atom.